The summed E-state index contributed by atoms with van der Waals surface area (Å²) in [6, 6.07) is 2.21. The van der Waals surface area contributed by atoms with Gasteiger partial charge in [-0.25, -0.2) is 0 Å². The Labute approximate surface area is 111 Å². The largest absolute Gasteiger partial charge is 0.395 e. The molecule has 1 saturated heterocycles. The second kappa shape index (κ2) is 6.03. The van der Waals surface area contributed by atoms with Crippen LogP contribution in [-0.2, 0) is 0 Å². The van der Waals surface area contributed by atoms with E-state index in [4.69, 9.17) is 5.11 Å². The van der Waals surface area contributed by atoms with Crippen LogP contribution in [-0.4, -0.2) is 35.1 Å². The fourth-order valence-electron chi connectivity index (χ4n) is 2.15. The van der Waals surface area contributed by atoms with Gasteiger partial charge >= 0.3 is 0 Å². The average Bonchev–Trinajstić information content (AvgIpc) is 2.97. The molecule has 0 spiro atoms. The van der Waals surface area contributed by atoms with E-state index in [1.807, 2.05) is 16.3 Å². The molecule has 1 amide bonds. The topological polar surface area (TPSA) is 40.5 Å². The van der Waals surface area contributed by atoms with E-state index in [9.17, 15) is 4.79 Å². The lowest BCUT2D eigenvalue weighted by Crippen LogP contribution is -2.33. The first kappa shape index (κ1) is 13.1. The number of likely N-dealkylation sites (tertiary alicyclic amines) is 1. The van der Waals surface area contributed by atoms with Gasteiger partial charge in [-0.15, -0.1) is 11.3 Å². The standard InChI is InChI=1S/C14H17NO2S/c1-11-5-4-8-15(11)14(17)13-12(7-10-18-13)6-2-3-9-16/h7,10-11,16H,3-5,8-9H2,1H3. The summed E-state index contributed by atoms with van der Waals surface area (Å²) in [5, 5.41) is 10.6. The number of aliphatic hydroxyl groups is 1. The zero-order chi connectivity index (χ0) is 13.0. The first-order valence-corrected chi connectivity index (χ1v) is 7.10. The first-order valence-electron chi connectivity index (χ1n) is 6.22. The minimum Gasteiger partial charge on any atom is -0.395 e. The average molecular weight is 263 g/mol. The van der Waals surface area contributed by atoms with Crippen LogP contribution in [0, 0.1) is 11.8 Å². The number of thiophene rings is 1. The Morgan fingerprint density at radius 1 is 1.67 bits per heavy atom. The Morgan fingerprint density at radius 2 is 2.50 bits per heavy atom. The molecular formula is C14H17NO2S. The maximum Gasteiger partial charge on any atom is 0.265 e. The lowest BCUT2D eigenvalue weighted by Gasteiger charge is -2.20. The van der Waals surface area contributed by atoms with Crippen molar-refractivity contribution in [3.63, 3.8) is 0 Å². The molecule has 1 aromatic rings. The van der Waals surface area contributed by atoms with Crippen LogP contribution in [0.3, 0.4) is 0 Å². The van der Waals surface area contributed by atoms with Crippen molar-refractivity contribution >= 4 is 17.2 Å². The highest BCUT2D eigenvalue weighted by Gasteiger charge is 2.27. The molecule has 1 aliphatic heterocycles. The summed E-state index contributed by atoms with van der Waals surface area (Å²) in [7, 11) is 0. The molecule has 96 valence electrons. The van der Waals surface area contributed by atoms with Crippen LogP contribution in [0.15, 0.2) is 11.4 Å². The molecule has 0 bridgehead atoms. The Bertz CT molecular complexity index is 483. The van der Waals surface area contributed by atoms with Crippen molar-refractivity contribution < 1.29 is 9.90 Å². The van der Waals surface area contributed by atoms with Gasteiger partial charge < -0.3 is 10.0 Å². The summed E-state index contributed by atoms with van der Waals surface area (Å²) >= 11 is 1.45. The van der Waals surface area contributed by atoms with Crippen LogP contribution < -0.4 is 0 Å². The maximum atomic E-state index is 12.4. The number of hydrogen-bond donors (Lipinski definition) is 1. The second-order valence-corrected chi connectivity index (χ2v) is 5.34. The SMILES string of the molecule is CC1CCCN1C(=O)c1sccc1C#CCCO. The van der Waals surface area contributed by atoms with E-state index in [2.05, 4.69) is 18.8 Å². The summed E-state index contributed by atoms with van der Waals surface area (Å²) in [5.41, 5.74) is 0.789. The third-order valence-electron chi connectivity index (χ3n) is 3.13. The zero-order valence-corrected chi connectivity index (χ0v) is 11.3. The molecular weight excluding hydrogens is 246 g/mol. The van der Waals surface area contributed by atoms with Gasteiger partial charge in [0.15, 0.2) is 0 Å². The zero-order valence-electron chi connectivity index (χ0n) is 10.5. The van der Waals surface area contributed by atoms with E-state index < -0.39 is 0 Å². The van der Waals surface area contributed by atoms with E-state index in [1.54, 1.807) is 0 Å². The van der Waals surface area contributed by atoms with Gasteiger partial charge in [-0.1, -0.05) is 11.8 Å². The molecule has 3 nitrogen and oxygen atoms in total. The summed E-state index contributed by atoms with van der Waals surface area (Å²) in [6.07, 6.45) is 2.62. The fraction of sp³-hybridized carbons (Fsp3) is 0.500. The fourth-order valence-corrected chi connectivity index (χ4v) is 2.96. The monoisotopic (exact) mass is 263 g/mol. The van der Waals surface area contributed by atoms with Crippen molar-refractivity contribution in [1.29, 1.82) is 0 Å². The molecule has 0 aliphatic carbocycles. The number of hydrogen-bond acceptors (Lipinski definition) is 3. The molecule has 1 atom stereocenters. The van der Waals surface area contributed by atoms with Crippen LogP contribution in [0.1, 0.15) is 41.4 Å². The maximum absolute atomic E-state index is 12.4. The van der Waals surface area contributed by atoms with E-state index in [0.717, 1.165) is 29.8 Å². The lowest BCUT2D eigenvalue weighted by atomic mass is 10.2. The molecule has 2 heterocycles. The van der Waals surface area contributed by atoms with Gasteiger partial charge in [0, 0.05) is 24.6 Å². The van der Waals surface area contributed by atoms with Crippen molar-refractivity contribution in [1.82, 2.24) is 4.90 Å². The van der Waals surface area contributed by atoms with Crippen molar-refractivity contribution in [2.75, 3.05) is 13.2 Å². The Morgan fingerprint density at radius 3 is 3.17 bits per heavy atom. The number of carbonyl (C=O) groups excluding carboxylic acids is 1. The summed E-state index contributed by atoms with van der Waals surface area (Å²) < 4.78 is 0. The number of amides is 1. The van der Waals surface area contributed by atoms with Crippen LogP contribution in [0.5, 0.6) is 0 Å². The van der Waals surface area contributed by atoms with E-state index in [1.165, 1.54) is 11.3 Å². The van der Waals surface area contributed by atoms with E-state index >= 15 is 0 Å². The first-order chi connectivity index (χ1) is 8.74. The van der Waals surface area contributed by atoms with Gasteiger partial charge in [0.1, 0.15) is 4.88 Å². The molecule has 4 heteroatoms. The molecule has 1 aliphatic rings. The number of carbonyl (C=O) groups is 1. The predicted molar refractivity (Wildman–Crippen MR) is 72.6 cm³/mol. The lowest BCUT2D eigenvalue weighted by molar-refractivity contribution is 0.0752. The molecule has 2 rings (SSSR count). The third kappa shape index (κ3) is 2.74. The van der Waals surface area contributed by atoms with Gasteiger partial charge in [-0.05, 0) is 31.2 Å². The Hall–Kier alpha value is -1.31. The molecule has 0 saturated carbocycles. The smallest absolute Gasteiger partial charge is 0.265 e. The van der Waals surface area contributed by atoms with Gasteiger partial charge in [0.05, 0.1) is 6.61 Å². The Balaban J connectivity index is 2.16. The molecule has 0 aromatic carbocycles. The highest BCUT2D eigenvalue weighted by atomic mass is 32.1. The van der Waals surface area contributed by atoms with Gasteiger partial charge in [-0.2, -0.15) is 0 Å². The molecule has 1 aromatic heterocycles. The minimum absolute atomic E-state index is 0.0591. The quantitative estimate of drug-likeness (QED) is 0.830. The van der Waals surface area contributed by atoms with E-state index in [-0.39, 0.29) is 12.5 Å². The predicted octanol–water partition coefficient (Wildman–Crippen LogP) is 2.11. The van der Waals surface area contributed by atoms with Gasteiger partial charge in [0.2, 0.25) is 0 Å². The molecule has 0 radical (unpaired) electrons. The minimum atomic E-state index is 0.0591. The number of nitrogens with zero attached hydrogens (tertiary/aromatic N) is 1. The normalized spacial score (nSPS) is 18.6. The van der Waals surface area contributed by atoms with Crippen LogP contribution in [0.4, 0.5) is 0 Å². The third-order valence-corrected chi connectivity index (χ3v) is 4.04. The summed E-state index contributed by atoms with van der Waals surface area (Å²) in [6.45, 7) is 3.00. The number of aliphatic hydroxyl groups excluding tert-OH is 1. The van der Waals surface area contributed by atoms with Crippen LogP contribution >= 0.6 is 11.3 Å². The van der Waals surface area contributed by atoms with Crippen LogP contribution in [0.25, 0.3) is 0 Å². The summed E-state index contributed by atoms with van der Waals surface area (Å²) in [4.78, 5) is 15.1. The van der Waals surface area contributed by atoms with Crippen LogP contribution in [0.2, 0.25) is 0 Å². The van der Waals surface area contributed by atoms with Gasteiger partial charge in [0.25, 0.3) is 5.91 Å². The Kier molecular flexibility index (Phi) is 4.40. The molecule has 1 fully saturated rings. The highest BCUT2D eigenvalue weighted by molar-refractivity contribution is 7.12. The molecule has 18 heavy (non-hydrogen) atoms. The van der Waals surface area contributed by atoms with Crippen molar-refractivity contribution in [3.05, 3.63) is 21.9 Å². The van der Waals surface area contributed by atoms with E-state index in [0.29, 0.717) is 12.5 Å². The van der Waals surface area contributed by atoms with Crippen molar-refractivity contribution in [2.24, 2.45) is 0 Å². The summed E-state index contributed by atoms with van der Waals surface area (Å²) in [5.74, 6) is 5.94. The van der Waals surface area contributed by atoms with Crippen molar-refractivity contribution in [2.45, 2.75) is 32.2 Å². The molecule has 1 N–H and O–H groups in total. The van der Waals surface area contributed by atoms with Crippen molar-refractivity contribution in [3.8, 4) is 11.8 Å². The molecule has 1 unspecified atom stereocenters. The number of rotatable bonds is 2. The highest BCUT2D eigenvalue weighted by Crippen LogP contribution is 2.24. The second-order valence-electron chi connectivity index (χ2n) is 4.43. The van der Waals surface area contributed by atoms with Gasteiger partial charge in [-0.3, -0.25) is 4.79 Å².